The zero-order valence-electron chi connectivity index (χ0n) is 18.2. The maximum absolute atomic E-state index is 13.2. The largest absolute Gasteiger partial charge is 0.381 e. The number of rotatable bonds is 9. The third-order valence-electron chi connectivity index (χ3n) is 5.38. The summed E-state index contributed by atoms with van der Waals surface area (Å²) in [5.41, 5.74) is 1.63. The molecule has 0 radical (unpaired) electrons. The van der Waals surface area contributed by atoms with E-state index >= 15 is 0 Å². The van der Waals surface area contributed by atoms with Crippen LogP contribution in [0.1, 0.15) is 51.6 Å². The van der Waals surface area contributed by atoms with Crippen molar-refractivity contribution in [2.75, 3.05) is 19.0 Å². The van der Waals surface area contributed by atoms with Crippen LogP contribution in [0, 0.1) is 0 Å². The van der Waals surface area contributed by atoms with E-state index in [1.165, 1.54) is 11.8 Å². The highest BCUT2D eigenvalue weighted by Crippen LogP contribution is 2.37. The summed E-state index contributed by atoms with van der Waals surface area (Å²) in [6.07, 6.45) is 1.36. The van der Waals surface area contributed by atoms with Crippen molar-refractivity contribution in [2.24, 2.45) is 0 Å². The van der Waals surface area contributed by atoms with Crippen LogP contribution in [0.3, 0.4) is 0 Å². The number of sulfone groups is 1. The lowest BCUT2D eigenvalue weighted by molar-refractivity contribution is 0.0977. The molecule has 0 spiro atoms. The highest BCUT2D eigenvalue weighted by Gasteiger charge is 2.31. The number of ketones is 2. The first-order valence-corrected chi connectivity index (χ1v) is 13.3. The SMILES string of the molecule is CCCOCCCS(=O)(=O)c1ccc(Sc2cccc3c2C(=O)c2ccccc2C3=O)cc1. The van der Waals surface area contributed by atoms with Crippen LogP contribution in [0.15, 0.2) is 81.4 Å². The van der Waals surface area contributed by atoms with Crippen LogP contribution in [-0.2, 0) is 14.6 Å². The minimum Gasteiger partial charge on any atom is -0.381 e. The van der Waals surface area contributed by atoms with Gasteiger partial charge in [-0.3, -0.25) is 9.59 Å². The normalized spacial score (nSPS) is 13.0. The molecule has 0 bridgehead atoms. The monoisotopic (exact) mass is 480 g/mol. The van der Waals surface area contributed by atoms with Crippen LogP contribution in [0.2, 0.25) is 0 Å². The lowest BCUT2D eigenvalue weighted by Crippen LogP contribution is -2.21. The zero-order chi connectivity index (χ0) is 23.4. The Morgan fingerprint density at radius 2 is 1.45 bits per heavy atom. The summed E-state index contributed by atoms with van der Waals surface area (Å²) in [4.78, 5) is 27.8. The minimum atomic E-state index is -3.39. The molecule has 0 aliphatic heterocycles. The topological polar surface area (TPSA) is 77.5 Å². The van der Waals surface area contributed by atoms with Crippen molar-refractivity contribution in [3.05, 3.63) is 89.0 Å². The molecule has 0 aromatic heterocycles. The third kappa shape index (κ3) is 4.95. The van der Waals surface area contributed by atoms with Crippen molar-refractivity contribution in [2.45, 2.75) is 34.5 Å². The van der Waals surface area contributed by atoms with Gasteiger partial charge in [0.25, 0.3) is 0 Å². The van der Waals surface area contributed by atoms with E-state index in [9.17, 15) is 18.0 Å². The molecule has 3 aromatic carbocycles. The molecule has 170 valence electrons. The third-order valence-corrected chi connectivity index (χ3v) is 8.26. The van der Waals surface area contributed by atoms with Gasteiger partial charge in [0, 0.05) is 45.3 Å². The van der Waals surface area contributed by atoms with Crippen molar-refractivity contribution in [3.63, 3.8) is 0 Å². The van der Waals surface area contributed by atoms with Gasteiger partial charge < -0.3 is 4.74 Å². The van der Waals surface area contributed by atoms with Crippen LogP contribution in [-0.4, -0.2) is 39.0 Å². The average Bonchev–Trinajstić information content (AvgIpc) is 2.82. The van der Waals surface area contributed by atoms with Gasteiger partial charge in [-0.2, -0.15) is 0 Å². The van der Waals surface area contributed by atoms with Crippen molar-refractivity contribution in [3.8, 4) is 0 Å². The van der Waals surface area contributed by atoms with Gasteiger partial charge in [0.05, 0.1) is 10.6 Å². The smallest absolute Gasteiger partial charge is 0.195 e. The summed E-state index contributed by atoms with van der Waals surface area (Å²) >= 11 is 1.34. The van der Waals surface area contributed by atoms with Crippen molar-refractivity contribution >= 4 is 33.2 Å². The molecule has 0 saturated heterocycles. The maximum atomic E-state index is 13.2. The van der Waals surface area contributed by atoms with Crippen LogP contribution >= 0.6 is 11.8 Å². The molecule has 33 heavy (non-hydrogen) atoms. The fourth-order valence-electron chi connectivity index (χ4n) is 3.76. The van der Waals surface area contributed by atoms with Gasteiger partial charge in [-0.15, -0.1) is 0 Å². The number of benzene rings is 3. The predicted molar refractivity (Wildman–Crippen MR) is 128 cm³/mol. The first-order valence-electron chi connectivity index (χ1n) is 10.8. The van der Waals surface area contributed by atoms with Gasteiger partial charge in [-0.25, -0.2) is 8.42 Å². The Kier molecular flexibility index (Phi) is 7.12. The summed E-state index contributed by atoms with van der Waals surface area (Å²) < 4.78 is 30.5. The molecule has 0 saturated carbocycles. The van der Waals surface area contributed by atoms with E-state index in [1.54, 1.807) is 60.7 Å². The average molecular weight is 481 g/mol. The molecule has 0 N–H and O–H groups in total. The van der Waals surface area contributed by atoms with Crippen LogP contribution < -0.4 is 0 Å². The Morgan fingerprint density at radius 1 is 0.788 bits per heavy atom. The second-order valence-corrected chi connectivity index (χ2v) is 11.0. The summed E-state index contributed by atoms with van der Waals surface area (Å²) in [6.45, 7) is 3.07. The van der Waals surface area contributed by atoms with E-state index < -0.39 is 9.84 Å². The van der Waals surface area contributed by atoms with Gasteiger partial charge >= 0.3 is 0 Å². The fourth-order valence-corrected chi connectivity index (χ4v) is 6.02. The Labute approximate surface area is 198 Å². The molecule has 0 atom stereocenters. The predicted octanol–water partition coefficient (Wildman–Crippen LogP) is 5.20. The summed E-state index contributed by atoms with van der Waals surface area (Å²) in [5.74, 6) is -0.300. The fraction of sp³-hybridized carbons (Fsp3) is 0.231. The van der Waals surface area contributed by atoms with E-state index in [1.807, 2.05) is 13.0 Å². The number of carbonyl (C=O) groups is 2. The number of fused-ring (bicyclic) bond motifs is 2. The maximum Gasteiger partial charge on any atom is 0.195 e. The van der Waals surface area contributed by atoms with E-state index in [0.29, 0.717) is 46.8 Å². The number of carbonyl (C=O) groups excluding carboxylic acids is 2. The summed E-state index contributed by atoms with van der Waals surface area (Å²) in [5, 5.41) is 0. The van der Waals surface area contributed by atoms with E-state index in [0.717, 1.165) is 11.3 Å². The molecule has 1 aliphatic rings. The second-order valence-electron chi connectivity index (χ2n) is 7.74. The molecule has 0 unspecified atom stereocenters. The van der Waals surface area contributed by atoms with Gasteiger partial charge in [-0.1, -0.05) is 55.1 Å². The summed E-state index contributed by atoms with van der Waals surface area (Å²) in [7, 11) is -3.39. The van der Waals surface area contributed by atoms with Gasteiger partial charge in [0.2, 0.25) is 0 Å². The number of hydrogen-bond donors (Lipinski definition) is 0. The molecule has 7 heteroatoms. The molecular formula is C26H24O5S2. The number of ether oxygens (including phenoxy) is 1. The van der Waals surface area contributed by atoms with Crippen molar-refractivity contribution in [1.29, 1.82) is 0 Å². The van der Waals surface area contributed by atoms with Crippen LogP contribution in [0.4, 0.5) is 0 Å². The molecule has 0 heterocycles. The van der Waals surface area contributed by atoms with E-state index in [4.69, 9.17) is 4.74 Å². The summed E-state index contributed by atoms with van der Waals surface area (Å²) in [6, 6.07) is 18.7. The van der Waals surface area contributed by atoms with Crippen molar-refractivity contribution < 1.29 is 22.7 Å². The Morgan fingerprint density at radius 3 is 2.15 bits per heavy atom. The lowest BCUT2D eigenvalue weighted by Gasteiger charge is -2.19. The quantitative estimate of drug-likeness (QED) is 0.306. The molecule has 0 amide bonds. The second kappa shape index (κ2) is 10.0. The standard InChI is InChI=1S/C26H24O5S2/c1-2-15-31-16-6-17-33(29,30)19-13-11-18(12-14-19)32-23-10-5-9-22-24(23)26(28)21-8-4-3-7-20(21)25(22)27/h3-5,7-14H,2,6,15-17H2,1H3. The first-order chi connectivity index (χ1) is 15.9. The molecule has 3 aromatic rings. The van der Waals surface area contributed by atoms with Crippen LogP contribution in [0.5, 0.6) is 0 Å². The minimum absolute atomic E-state index is 0.0332. The highest BCUT2D eigenvalue weighted by molar-refractivity contribution is 7.99. The van der Waals surface area contributed by atoms with Crippen LogP contribution in [0.25, 0.3) is 0 Å². The first kappa shape index (κ1) is 23.4. The Bertz CT molecular complexity index is 1290. The zero-order valence-corrected chi connectivity index (χ0v) is 19.9. The van der Waals surface area contributed by atoms with E-state index in [-0.39, 0.29) is 22.2 Å². The molecule has 4 rings (SSSR count). The van der Waals surface area contributed by atoms with Crippen molar-refractivity contribution in [1.82, 2.24) is 0 Å². The van der Waals surface area contributed by atoms with Gasteiger partial charge in [0.1, 0.15) is 0 Å². The molecule has 5 nitrogen and oxygen atoms in total. The molecule has 1 aliphatic carbocycles. The van der Waals surface area contributed by atoms with E-state index in [2.05, 4.69) is 0 Å². The molecular weight excluding hydrogens is 456 g/mol. The lowest BCUT2D eigenvalue weighted by atomic mass is 9.84. The molecule has 0 fully saturated rings. The highest BCUT2D eigenvalue weighted by atomic mass is 32.2. The van der Waals surface area contributed by atoms with Gasteiger partial charge in [0.15, 0.2) is 21.4 Å². The Hall–Kier alpha value is -2.74. The Balaban J connectivity index is 1.53. The number of hydrogen-bond acceptors (Lipinski definition) is 6. The van der Waals surface area contributed by atoms with Gasteiger partial charge in [-0.05, 0) is 43.2 Å².